The second-order valence-electron chi connectivity index (χ2n) is 15.7. The lowest BCUT2D eigenvalue weighted by Crippen LogP contribution is -2.58. The Balaban J connectivity index is 2.05. The van der Waals surface area contributed by atoms with Gasteiger partial charge in [0.1, 0.15) is 0 Å². The Morgan fingerprint density at radius 2 is 1.67 bits per heavy atom. The largest absolute Gasteiger partial charge is 0.417 e. The maximum atomic E-state index is 12.4. The third-order valence-corrected chi connectivity index (χ3v) is 16.1. The van der Waals surface area contributed by atoms with Crippen molar-refractivity contribution in [2.24, 2.45) is 40.9 Å². The topological polar surface area (TPSA) is 49.7 Å². The van der Waals surface area contributed by atoms with E-state index in [0.717, 1.165) is 44.6 Å². The molecular formula is C35H66O3Si. The Bertz CT molecular complexity index is 770. The molecule has 2 rings (SSSR count). The number of fused-ring (bicyclic) bond motifs is 1. The molecule has 0 saturated heterocycles. The summed E-state index contributed by atoms with van der Waals surface area (Å²) in [6, 6.07) is 0. The maximum Gasteiger partial charge on any atom is 0.191 e. The average molecular weight is 563 g/mol. The second-order valence-corrected chi connectivity index (χ2v) is 20.5. The summed E-state index contributed by atoms with van der Waals surface area (Å²) in [5.41, 5.74) is -0.734. The summed E-state index contributed by atoms with van der Waals surface area (Å²) < 4.78 is 6.39. The molecule has 2 aliphatic rings. The molecule has 0 amide bonds. The molecule has 0 heterocycles. The Kier molecular flexibility index (Phi) is 12.6. The maximum absolute atomic E-state index is 12.4. The molecule has 2 fully saturated rings. The van der Waals surface area contributed by atoms with Crippen molar-refractivity contribution in [1.29, 1.82) is 0 Å². The molecule has 2 N–H and O–H groups in total. The molecule has 8 atom stereocenters. The first kappa shape index (κ1) is 34.8. The van der Waals surface area contributed by atoms with Gasteiger partial charge in [-0.2, -0.15) is 0 Å². The quantitative estimate of drug-likeness (QED) is 0.112. The monoisotopic (exact) mass is 562 g/mol. The van der Waals surface area contributed by atoms with Gasteiger partial charge in [0.25, 0.3) is 0 Å². The van der Waals surface area contributed by atoms with Crippen molar-refractivity contribution in [3.63, 3.8) is 0 Å². The van der Waals surface area contributed by atoms with Crippen LogP contribution < -0.4 is 0 Å². The summed E-state index contributed by atoms with van der Waals surface area (Å²) in [7, 11) is -1.74. The van der Waals surface area contributed by atoms with Gasteiger partial charge >= 0.3 is 0 Å². The highest BCUT2D eigenvalue weighted by Gasteiger charge is 2.61. The van der Waals surface area contributed by atoms with Gasteiger partial charge in [-0.15, -0.1) is 13.2 Å². The van der Waals surface area contributed by atoms with Gasteiger partial charge in [0.15, 0.2) is 8.32 Å². The fourth-order valence-electron chi connectivity index (χ4n) is 8.15. The molecule has 0 aromatic rings. The van der Waals surface area contributed by atoms with Crippen molar-refractivity contribution in [2.75, 3.05) is 6.61 Å². The van der Waals surface area contributed by atoms with Crippen molar-refractivity contribution < 1.29 is 14.6 Å². The molecule has 0 aromatic heterocycles. The van der Waals surface area contributed by atoms with Crippen LogP contribution in [0.3, 0.4) is 0 Å². The van der Waals surface area contributed by atoms with Crippen LogP contribution in [0.2, 0.25) is 18.1 Å². The predicted octanol–water partition coefficient (Wildman–Crippen LogP) is 9.55. The molecule has 3 nitrogen and oxygen atoms in total. The van der Waals surface area contributed by atoms with Crippen molar-refractivity contribution in [2.45, 2.75) is 149 Å². The number of hydrogen-bond acceptors (Lipinski definition) is 3. The zero-order valence-corrected chi connectivity index (χ0v) is 28.4. The number of rotatable bonds is 16. The normalized spacial score (nSPS) is 32.1. The van der Waals surface area contributed by atoms with E-state index in [1.807, 2.05) is 12.2 Å². The minimum Gasteiger partial charge on any atom is -0.417 e. The molecule has 228 valence electrons. The summed E-state index contributed by atoms with van der Waals surface area (Å²) in [4.78, 5) is 0. The van der Waals surface area contributed by atoms with Gasteiger partial charge in [-0.05, 0) is 105 Å². The van der Waals surface area contributed by atoms with Crippen LogP contribution in [0.15, 0.2) is 25.3 Å². The molecule has 0 aliphatic heterocycles. The van der Waals surface area contributed by atoms with Gasteiger partial charge in [-0.3, -0.25) is 0 Å². The van der Waals surface area contributed by atoms with Gasteiger partial charge in [0, 0.05) is 12.5 Å². The van der Waals surface area contributed by atoms with Crippen LogP contribution in [0, 0.1) is 40.9 Å². The van der Waals surface area contributed by atoms with Crippen LogP contribution in [-0.4, -0.2) is 36.8 Å². The van der Waals surface area contributed by atoms with E-state index in [9.17, 15) is 10.2 Å². The van der Waals surface area contributed by atoms with Gasteiger partial charge in [0.05, 0.1) is 11.7 Å². The summed E-state index contributed by atoms with van der Waals surface area (Å²) in [6.45, 7) is 29.9. The van der Waals surface area contributed by atoms with E-state index < -0.39 is 20.0 Å². The fraction of sp³-hybridized carbons (Fsp3) is 0.886. The Morgan fingerprint density at radius 3 is 2.23 bits per heavy atom. The van der Waals surface area contributed by atoms with E-state index in [0.29, 0.717) is 24.7 Å². The smallest absolute Gasteiger partial charge is 0.191 e. The van der Waals surface area contributed by atoms with Crippen molar-refractivity contribution in [1.82, 2.24) is 0 Å². The number of allylic oxidation sites excluding steroid dienone is 1. The molecule has 0 radical (unpaired) electrons. The third-order valence-electron chi connectivity index (χ3n) is 11.6. The highest BCUT2D eigenvalue weighted by atomic mass is 28.4. The van der Waals surface area contributed by atoms with Crippen molar-refractivity contribution >= 4 is 8.32 Å². The molecule has 2 aliphatic carbocycles. The predicted molar refractivity (Wildman–Crippen MR) is 171 cm³/mol. The lowest BCUT2D eigenvalue weighted by molar-refractivity contribution is -0.174. The Labute approximate surface area is 244 Å². The zero-order chi connectivity index (χ0) is 29.6. The lowest BCUT2D eigenvalue weighted by atomic mass is 9.52. The van der Waals surface area contributed by atoms with E-state index in [4.69, 9.17) is 4.43 Å². The second kappa shape index (κ2) is 14.2. The van der Waals surface area contributed by atoms with E-state index in [1.165, 1.54) is 25.7 Å². The molecule has 4 heteroatoms. The van der Waals surface area contributed by atoms with Crippen molar-refractivity contribution in [3.8, 4) is 0 Å². The van der Waals surface area contributed by atoms with Crippen LogP contribution >= 0.6 is 0 Å². The highest BCUT2D eigenvalue weighted by molar-refractivity contribution is 6.74. The van der Waals surface area contributed by atoms with Crippen LogP contribution in [0.4, 0.5) is 0 Å². The van der Waals surface area contributed by atoms with E-state index in [2.05, 4.69) is 74.7 Å². The summed E-state index contributed by atoms with van der Waals surface area (Å²) in [6.07, 6.45) is 14.8. The first-order valence-corrected chi connectivity index (χ1v) is 19.2. The van der Waals surface area contributed by atoms with Gasteiger partial charge in [-0.25, -0.2) is 0 Å². The highest BCUT2D eigenvalue weighted by Crippen LogP contribution is 2.63. The van der Waals surface area contributed by atoms with Crippen LogP contribution in [-0.2, 0) is 4.43 Å². The van der Waals surface area contributed by atoms with Crippen LogP contribution in [0.1, 0.15) is 119 Å². The molecule has 0 aromatic carbocycles. The summed E-state index contributed by atoms with van der Waals surface area (Å²) >= 11 is 0. The van der Waals surface area contributed by atoms with E-state index in [1.54, 1.807) is 0 Å². The van der Waals surface area contributed by atoms with E-state index >= 15 is 0 Å². The molecule has 39 heavy (non-hydrogen) atoms. The van der Waals surface area contributed by atoms with Crippen molar-refractivity contribution in [3.05, 3.63) is 25.3 Å². The molecular weight excluding hydrogens is 496 g/mol. The Morgan fingerprint density at radius 1 is 1.00 bits per heavy atom. The lowest BCUT2D eigenvalue weighted by Gasteiger charge is -2.55. The summed E-state index contributed by atoms with van der Waals surface area (Å²) in [5.74, 6) is 2.48. The van der Waals surface area contributed by atoms with Crippen LogP contribution in [0.5, 0.6) is 0 Å². The standard InChI is InChI=1S/C35H66O3Si/c1-12-22-35(37)30(31(36)25-28(13-2)18-15-24-38-39(10,11)33(6,7)8)21-23-34(9)29(19-20-32(34)35)27(5)17-14-16-26(3)4/h12-13,26-32,36-37H,1-2,14-25H2,3-11H3/t27-,28?,29-,30+,31?,32-,34-,35+/m1/s1. The number of hydrogen-bond donors (Lipinski definition) is 2. The third kappa shape index (κ3) is 8.33. The summed E-state index contributed by atoms with van der Waals surface area (Å²) in [5, 5.41) is 24.2. The SMILES string of the molecule is C=CC[C@@]1(O)[C@@H]2CC[C@H]([C@H](C)CCCC(C)C)[C@@]2(C)CC[C@H]1C(O)CC(C=C)CCCO[Si](C)(C)C(C)(C)C. The molecule has 0 bridgehead atoms. The number of aliphatic hydroxyl groups is 2. The minimum atomic E-state index is -1.74. The average Bonchev–Trinajstić information content (AvgIpc) is 3.18. The number of aliphatic hydroxyl groups excluding tert-OH is 1. The zero-order valence-electron chi connectivity index (χ0n) is 27.4. The first-order valence-electron chi connectivity index (χ1n) is 16.3. The molecule has 0 spiro atoms. The minimum absolute atomic E-state index is 0.102. The molecule has 2 unspecified atom stereocenters. The molecule has 2 saturated carbocycles. The fourth-order valence-corrected chi connectivity index (χ4v) is 9.24. The van der Waals surface area contributed by atoms with Gasteiger partial charge < -0.3 is 14.6 Å². The van der Waals surface area contributed by atoms with E-state index in [-0.39, 0.29) is 28.2 Å². The van der Waals surface area contributed by atoms with Gasteiger partial charge in [0.2, 0.25) is 0 Å². The first-order chi connectivity index (χ1) is 18.0. The van der Waals surface area contributed by atoms with Crippen LogP contribution in [0.25, 0.3) is 0 Å². The van der Waals surface area contributed by atoms with Gasteiger partial charge in [-0.1, -0.05) is 79.9 Å². The Hall–Kier alpha value is -0.423.